The van der Waals surface area contributed by atoms with Crippen molar-refractivity contribution in [2.24, 2.45) is 0 Å². The largest absolute Gasteiger partial charge is 0.469 e. The Morgan fingerprint density at radius 2 is 2.11 bits per heavy atom. The van der Waals surface area contributed by atoms with Crippen molar-refractivity contribution in [3.05, 3.63) is 35.7 Å². The highest BCUT2D eigenvalue weighted by Gasteiger charge is 2.10. The number of aromatic nitrogens is 2. The van der Waals surface area contributed by atoms with E-state index in [1.807, 2.05) is 0 Å². The van der Waals surface area contributed by atoms with Crippen molar-refractivity contribution in [2.45, 2.75) is 19.4 Å². The fraction of sp³-hybridized carbons (Fsp3) is 0.308. The van der Waals surface area contributed by atoms with Gasteiger partial charge in [-0.3, -0.25) is 4.79 Å². The summed E-state index contributed by atoms with van der Waals surface area (Å²) >= 11 is 0. The van der Waals surface area contributed by atoms with Gasteiger partial charge in [-0.05, 0) is 5.56 Å². The molecule has 19 heavy (non-hydrogen) atoms. The third kappa shape index (κ3) is 3.38. The van der Waals surface area contributed by atoms with Crippen molar-refractivity contribution in [3.8, 4) is 11.4 Å². The summed E-state index contributed by atoms with van der Waals surface area (Å²) in [7, 11) is 1.34. The lowest BCUT2D eigenvalue weighted by molar-refractivity contribution is -0.140. The van der Waals surface area contributed by atoms with Crippen LogP contribution in [0.4, 0.5) is 0 Å². The molecule has 0 bridgehead atoms. The SMILES string of the molecule is COC(=O)CCc1nc(-c2ccc(CO)cc2)no1. The number of carbonyl (C=O) groups is 1. The Kier molecular flexibility index (Phi) is 4.25. The first-order valence-corrected chi connectivity index (χ1v) is 5.82. The molecule has 0 amide bonds. The van der Waals surface area contributed by atoms with Crippen LogP contribution in [0.2, 0.25) is 0 Å². The van der Waals surface area contributed by atoms with Crippen LogP contribution in [0.3, 0.4) is 0 Å². The second-order valence-electron chi connectivity index (χ2n) is 3.94. The highest BCUT2D eigenvalue weighted by atomic mass is 16.5. The van der Waals surface area contributed by atoms with Crippen LogP contribution in [0.5, 0.6) is 0 Å². The van der Waals surface area contributed by atoms with Crippen LogP contribution in [0.15, 0.2) is 28.8 Å². The minimum Gasteiger partial charge on any atom is -0.469 e. The molecule has 0 aliphatic carbocycles. The minimum atomic E-state index is -0.313. The fourth-order valence-corrected chi connectivity index (χ4v) is 1.54. The first-order valence-electron chi connectivity index (χ1n) is 5.82. The topological polar surface area (TPSA) is 85.5 Å². The summed E-state index contributed by atoms with van der Waals surface area (Å²) < 4.78 is 9.59. The molecule has 100 valence electrons. The second-order valence-corrected chi connectivity index (χ2v) is 3.94. The smallest absolute Gasteiger partial charge is 0.306 e. The molecular formula is C13H14N2O4. The maximum Gasteiger partial charge on any atom is 0.306 e. The molecule has 6 nitrogen and oxygen atoms in total. The Bertz CT molecular complexity index is 548. The summed E-state index contributed by atoms with van der Waals surface area (Å²) in [5, 5.41) is 12.8. The van der Waals surface area contributed by atoms with E-state index in [1.165, 1.54) is 7.11 Å². The predicted molar refractivity (Wildman–Crippen MR) is 66.0 cm³/mol. The fourth-order valence-electron chi connectivity index (χ4n) is 1.54. The molecule has 2 aromatic rings. The summed E-state index contributed by atoms with van der Waals surface area (Å²) in [6.45, 7) is -0.00307. The molecule has 0 fully saturated rings. The van der Waals surface area contributed by atoms with E-state index in [0.717, 1.165) is 11.1 Å². The average Bonchev–Trinajstić information content (AvgIpc) is 2.93. The lowest BCUT2D eigenvalue weighted by Crippen LogP contribution is -2.01. The molecule has 1 aromatic carbocycles. The van der Waals surface area contributed by atoms with Crippen molar-refractivity contribution in [1.82, 2.24) is 10.1 Å². The van der Waals surface area contributed by atoms with Gasteiger partial charge in [0.2, 0.25) is 11.7 Å². The maximum atomic E-state index is 11.0. The molecular weight excluding hydrogens is 248 g/mol. The van der Waals surface area contributed by atoms with E-state index >= 15 is 0 Å². The van der Waals surface area contributed by atoms with Crippen LogP contribution < -0.4 is 0 Å². The number of nitrogens with zero attached hydrogens (tertiary/aromatic N) is 2. The molecule has 1 aromatic heterocycles. The number of hydrogen-bond acceptors (Lipinski definition) is 6. The van der Waals surface area contributed by atoms with Crippen molar-refractivity contribution in [3.63, 3.8) is 0 Å². The van der Waals surface area contributed by atoms with E-state index in [0.29, 0.717) is 18.1 Å². The van der Waals surface area contributed by atoms with Gasteiger partial charge in [0.1, 0.15) is 0 Å². The number of carbonyl (C=O) groups excluding carboxylic acids is 1. The maximum absolute atomic E-state index is 11.0. The monoisotopic (exact) mass is 262 g/mol. The van der Waals surface area contributed by atoms with Crippen molar-refractivity contribution in [2.75, 3.05) is 7.11 Å². The Balaban J connectivity index is 2.05. The number of benzene rings is 1. The predicted octanol–water partition coefficient (Wildman–Crippen LogP) is 1.33. The average molecular weight is 262 g/mol. The van der Waals surface area contributed by atoms with Crippen molar-refractivity contribution < 1.29 is 19.2 Å². The first-order chi connectivity index (χ1) is 9.22. The number of aliphatic hydroxyl groups excluding tert-OH is 1. The Morgan fingerprint density at radius 3 is 2.74 bits per heavy atom. The van der Waals surface area contributed by atoms with E-state index in [-0.39, 0.29) is 19.0 Å². The van der Waals surface area contributed by atoms with E-state index in [2.05, 4.69) is 14.9 Å². The number of esters is 1. The van der Waals surface area contributed by atoms with Crippen LogP contribution in [0, 0.1) is 0 Å². The number of aryl methyl sites for hydroxylation is 1. The minimum absolute atomic E-state index is 0.00307. The molecule has 1 N–H and O–H groups in total. The summed E-state index contributed by atoms with van der Waals surface area (Å²) in [5.41, 5.74) is 1.61. The summed E-state index contributed by atoms with van der Waals surface area (Å²) in [4.78, 5) is 15.2. The van der Waals surface area contributed by atoms with Gasteiger partial charge in [-0.25, -0.2) is 0 Å². The molecule has 0 saturated carbocycles. The van der Waals surface area contributed by atoms with E-state index < -0.39 is 0 Å². The number of rotatable bonds is 5. The van der Waals surface area contributed by atoms with Crippen LogP contribution in [-0.4, -0.2) is 28.3 Å². The summed E-state index contributed by atoms with van der Waals surface area (Å²) in [6.07, 6.45) is 0.565. The van der Waals surface area contributed by atoms with Gasteiger partial charge in [0.05, 0.1) is 20.1 Å². The van der Waals surface area contributed by atoms with Crippen LogP contribution >= 0.6 is 0 Å². The Morgan fingerprint density at radius 1 is 1.37 bits per heavy atom. The molecule has 0 unspecified atom stereocenters. The standard InChI is InChI=1S/C13H14N2O4/c1-18-12(17)7-6-11-14-13(15-19-11)10-4-2-9(8-16)3-5-10/h2-5,16H,6-8H2,1H3. The molecule has 2 rings (SSSR count). The molecule has 0 saturated heterocycles. The molecule has 0 radical (unpaired) electrons. The number of ether oxygens (including phenoxy) is 1. The van der Waals surface area contributed by atoms with Crippen molar-refractivity contribution >= 4 is 5.97 Å². The highest BCUT2D eigenvalue weighted by Crippen LogP contribution is 2.17. The quantitative estimate of drug-likeness (QED) is 0.818. The first kappa shape index (κ1) is 13.2. The zero-order chi connectivity index (χ0) is 13.7. The lowest BCUT2D eigenvalue weighted by Gasteiger charge is -1.97. The lowest BCUT2D eigenvalue weighted by atomic mass is 10.1. The van der Waals surface area contributed by atoms with Crippen LogP contribution in [0.25, 0.3) is 11.4 Å². The third-order valence-electron chi connectivity index (χ3n) is 2.63. The van der Waals surface area contributed by atoms with Gasteiger partial charge in [-0.1, -0.05) is 29.4 Å². The van der Waals surface area contributed by atoms with Crippen LogP contribution in [-0.2, 0) is 22.6 Å². The molecule has 1 heterocycles. The Hall–Kier alpha value is -2.21. The van der Waals surface area contributed by atoms with Gasteiger partial charge in [0.25, 0.3) is 0 Å². The number of hydrogen-bond donors (Lipinski definition) is 1. The molecule has 6 heteroatoms. The molecule has 0 spiro atoms. The van der Waals surface area contributed by atoms with Gasteiger partial charge in [0, 0.05) is 12.0 Å². The van der Waals surface area contributed by atoms with Crippen LogP contribution in [0.1, 0.15) is 17.9 Å². The van der Waals surface area contributed by atoms with E-state index in [1.54, 1.807) is 24.3 Å². The van der Waals surface area contributed by atoms with Gasteiger partial charge >= 0.3 is 5.97 Å². The van der Waals surface area contributed by atoms with E-state index in [4.69, 9.17) is 9.63 Å². The van der Waals surface area contributed by atoms with Gasteiger partial charge in [0.15, 0.2) is 0 Å². The van der Waals surface area contributed by atoms with E-state index in [9.17, 15) is 4.79 Å². The van der Waals surface area contributed by atoms with Crippen molar-refractivity contribution in [1.29, 1.82) is 0 Å². The van der Waals surface area contributed by atoms with Gasteiger partial charge in [-0.2, -0.15) is 4.98 Å². The summed E-state index contributed by atoms with van der Waals surface area (Å²) in [5.74, 6) is 0.544. The highest BCUT2D eigenvalue weighted by molar-refractivity contribution is 5.69. The zero-order valence-electron chi connectivity index (χ0n) is 10.5. The zero-order valence-corrected chi connectivity index (χ0v) is 10.5. The molecule has 0 aliphatic heterocycles. The summed E-state index contributed by atoms with van der Waals surface area (Å²) in [6, 6.07) is 7.20. The normalized spacial score (nSPS) is 10.4. The van der Waals surface area contributed by atoms with Gasteiger partial charge in [-0.15, -0.1) is 0 Å². The second kappa shape index (κ2) is 6.10. The van der Waals surface area contributed by atoms with Gasteiger partial charge < -0.3 is 14.4 Å². The number of methoxy groups -OCH3 is 1. The number of aliphatic hydroxyl groups is 1. The molecule has 0 aliphatic rings. The molecule has 0 atom stereocenters. The third-order valence-corrected chi connectivity index (χ3v) is 2.63. The Labute approximate surface area is 110 Å².